The van der Waals surface area contributed by atoms with Crippen molar-refractivity contribution >= 4 is 28.4 Å². The monoisotopic (exact) mass is 463 g/mol. The van der Waals surface area contributed by atoms with Crippen LogP contribution in [0.15, 0.2) is 84.9 Å². The lowest BCUT2D eigenvalue weighted by Crippen LogP contribution is -2.42. The van der Waals surface area contributed by atoms with Gasteiger partial charge in [-0.2, -0.15) is 0 Å². The Morgan fingerprint density at radius 1 is 0.886 bits per heavy atom. The van der Waals surface area contributed by atoms with Gasteiger partial charge in [0.15, 0.2) is 0 Å². The number of pyridine rings is 1. The van der Waals surface area contributed by atoms with Crippen molar-refractivity contribution in [1.29, 1.82) is 0 Å². The van der Waals surface area contributed by atoms with Crippen LogP contribution in [0.3, 0.4) is 0 Å². The summed E-state index contributed by atoms with van der Waals surface area (Å²) in [6.45, 7) is 3.17. The summed E-state index contributed by atoms with van der Waals surface area (Å²) < 4.78 is 0. The molecule has 0 unspecified atom stereocenters. The van der Waals surface area contributed by atoms with Crippen molar-refractivity contribution in [2.45, 2.75) is 26.2 Å². The maximum atomic E-state index is 13.4. The van der Waals surface area contributed by atoms with Crippen molar-refractivity contribution in [3.05, 3.63) is 96.2 Å². The molecule has 1 aromatic heterocycles. The number of nitrogens with zero attached hydrogens (tertiary/aromatic N) is 2. The zero-order valence-corrected chi connectivity index (χ0v) is 19.9. The summed E-state index contributed by atoms with van der Waals surface area (Å²) in [4.78, 5) is 32.8. The van der Waals surface area contributed by atoms with E-state index in [0.29, 0.717) is 32.4 Å². The van der Waals surface area contributed by atoms with Crippen molar-refractivity contribution in [2.24, 2.45) is 5.92 Å². The first-order valence-electron chi connectivity index (χ1n) is 12.2. The highest BCUT2D eigenvalue weighted by atomic mass is 16.2. The van der Waals surface area contributed by atoms with E-state index >= 15 is 0 Å². The number of aromatic nitrogens is 1. The molecule has 2 amide bonds. The Morgan fingerprint density at radius 2 is 1.51 bits per heavy atom. The third kappa shape index (κ3) is 4.94. The molecule has 1 fully saturated rings. The molecular formula is C30H29N3O2. The topological polar surface area (TPSA) is 62.3 Å². The number of para-hydroxylation sites is 2. The molecule has 1 aliphatic heterocycles. The van der Waals surface area contributed by atoms with E-state index in [1.54, 1.807) is 0 Å². The summed E-state index contributed by atoms with van der Waals surface area (Å²) in [6, 6.07) is 27.9. The van der Waals surface area contributed by atoms with Gasteiger partial charge in [-0.15, -0.1) is 0 Å². The van der Waals surface area contributed by atoms with E-state index in [-0.39, 0.29) is 17.7 Å². The van der Waals surface area contributed by atoms with Crippen LogP contribution in [0.2, 0.25) is 0 Å². The number of piperidine rings is 1. The first-order chi connectivity index (χ1) is 17.1. The summed E-state index contributed by atoms with van der Waals surface area (Å²) in [5, 5.41) is 4.05. The van der Waals surface area contributed by atoms with Gasteiger partial charge < -0.3 is 10.2 Å². The van der Waals surface area contributed by atoms with Crippen molar-refractivity contribution in [1.82, 2.24) is 9.88 Å². The van der Waals surface area contributed by atoms with E-state index in [1.165, 1.54) is 0 Å². The van der Waals surface area contributed by atoms with Crippen LogP contribution in [-0.2, 0) is 16.0 Å². The first-order valence-corrected chi connectivity index (χ1v) is 12.2. The van der Waals surface area contributed by atoms with Crippen LogP contribution in [0, 0.1) is 12.8 Å². The molecule has 5 nitrogen and oxygen atoms in total. The van der Waals surface area contributed by atoms with Gasteiger partial charge >= 0.3 is 0 Å². The maximum absolute atomic E-state index is 13.4. The Labute approximate surface area is 205 Å². The van der Waals surface area contributed by atoms with Crippen LogP contribution in [-0.4, -0.2) is 34.8 Å². The van der Waals surface area contributed by atoms with Gasteiger partial charge in [0.25, 0.3) is 0 Å². The molecule has 1 N–H and O–H groups in total. The number of benzene rings is 3. The Hall–Kier alpha value is -3.99. The molecule has 1 saturated heterocycles. The van der Waals surface area contributed by atoms with Gasteiger partial charge in [0, 0.05) is 35.8 Å². The molecule has 176 valence electrons. The summed E-state index contributed by atoms with van der Waals surface area (Å²) in [5.41, 5.74) is 5.78. The molecule has 1 aliphatic rings. The van der Waals surface area contributed by atoms with Crippen molar-refractivity contribution < 1.29 is 9.59 Å². The normalized spacial score (nSPS) is 14.1. The number of rotatable bonds is 5. The predicted octanol–water partition coefficient (Wildman–Crippen LogP) is 5.63. The maximum Gasteiger partial charge on any atom is 0.227 e. The molecule has 0 bridgehead atoms. The summed E-state index contributed by atoms with van der Waals surface area (Å²) in [6.07, 6.45) is 1.64. The lowest BCUT2D eigenvalue weighted by atomic mass is 9.91. The molecule has 2 heterocycles. The molecule has 35 heavy (non-hydrogen) atoms. The number of carbonyl (C=O) groups is 2. The van der Waals surface area contributed by atoms with Crippen molar-refractivity contribution in [3.8, 4) is 11.1 Å². The van der Waals surface area contributed by atoms with Gasteiger partial charge in [0.2, 0.25) is 11.8 Å². The second-order valence-electron chi connectivity index (χ2n) is 9.12. The molecule has 3 aromatic carbocycles. The van der Waals surface area contributed by atoms with Gasteiger partial charge in [-0.25, -0.2) is 0 Å². The van der Waals surface area contributed by atoms with Crippen LogP contribution < -0.4 is 5.32 Å². The second kappa shape index (κ2) is 10.1. The highest BCUT2D eigenvalue weighted by Crippen LogP contribution is 2.34. The Bertz CT molecular complexity index is 1340. The number of nitrogens with one attached hydrogen (secondary N) is 1. The first kappa shape index (κ1) is 22.8. The summed E-state index contributed by atoms with van der Waals surface area (Å²) >= 11 is 0. The number of aryl methyl sites for hydroxylation is 1. The largest absolute Gasteiger partial charge is 0.342 e. The third-order valence-electron chi connectivity index (χ3n) is 6.85. The van der Waals surface area contributed by atoms with Gasteiger partial charge in [0.05, 0.1) is 11.9 Å². The quantitative estimate of drug-likeness (QED) is 0.417. The Morgan fingerprint density at radius 3 is 2.23 bits per heavy atom. The minimum absolute atomic E-state index is 0.0317. The van der Waals surface area contributed by atoms with Crippen LogP contribution >= 0.6 is 0 Å². The molecule has 5 rings (SSSR count). The summed E-state index contributed by atoms with van der Waals surface area (Å²) in [5.74, 6) is 0.0386. The van der Waals surface area contributed by atoms with Crippen LogP contribution in [0.25, 0.3) is 22.0 Å². The molecule has 0 radical (unpaired) electrons. The predicted molar refractivity (Wildman–Crippen MR) is 140 cm³/mol. The van der Waals surface area contributed by atoms with E-state index in [2.05, 4.69) is 23.5 Å². The number of amides is 2. The van der Waals surface area contributed by atoms with Gasteiger partial charge in [-0.3, -0.25) is 14.6 Å². The van der Waals surface area contributed by atoms with Gasteiger partial charge in [-0.05, 0) is 54.7 Å². The van der Waals surface area contributed by atoms with E-state index in [0.717, 1.165) is 39.0 Å². The van der Waals surface area contributed by atoms with Gasteiger partial charge in [-0.1, -0.05) is 66.7 Å². The van der Waals surface area contributed by atoms with E-state index in [4.69, 9.17) is 4.98 Å². The number of fused-ring (bicyclic) bond motifs is 1. The molecule has 0 saturated carbocycles. The zero-order valence-electron chi connectivity index (χ0n) is 19.9. The fraction of sp³-hybridized carbons (Fsp3) is 0.233. The third-order valence-corrected chi connectivity index (χ3v) is 6.85. The number of hydrogen-bond acceptors (Lipinski definition) is 3. The molecule has 0 spiro atoms. The highest BCUT2D eigenvalue weighted by molar-refractivity contribution is 5.98. The minimum atomic E-state index is -0.0804. The van der Waals surface area contributed by atoms with Crippen LogP contribution in [0.5, 0.6) is 0 Å². The number of hydrogen-bond donors (Lipinski definition) is 1. The van der Waals surface area contributed by atoms with E-state index in [1.807, 2.05) is 78.6 Å². The fourth-order valence-electron chi connectivity index (χ4n) is 4.94. The molecule has 5 heteroatoms. The van der Waals surface area contributed by atoms with Crippen molar-refractivity contribution in [3.63, 3.8) is 0 Å². The van der Waals surface area contributed by atoms with Crippen LogP contribution in [0.1, 0.15) is 24.1 Å². The van der Waals surface area contributed by atoms with Crippen LogP contribution in [0.4, 0.5) is 5.69 Å². The van der Waals surface area contributed by atoms with Gasteiger partial charge in [0.1, 0.15) is 0 Å². The molecule has 0 atom stereocenters. The lowest BCUT2D eigenvalue weighted by Gasteiger charge is -2.32. The molecular weight excluding hydrogens is 434 g/mol. The standard InChI is InChI=1S/C30H29N3O2/c1-21-26(29(22-10-4-2-5-11-22)25-14-8-9-15-27(25)31-21)20-28(34)33-18-16-23(17-19-33)30(35)32-24-12-6-3-7-13-24/h2-15,23H,16-20H2,1H3,(H,32,35). The number of carbonyl (C=O) groups excluding carboxylic acids is 2. The van der Waals surface area contributed by atoms with E-state index in [9.17, 15) is 9.59 Å². The number of likely N-dealkylation sites (tertiary alicyclic amines) is 1. The second-order valence-corrected chi connectivity index (χ2v) is 9.12. The summed E-state index contributed by atoms with van der Waals surface area (Å²) in [7, 11) is 0. The zero-order chi connectivity index (χ0) is 24.2. The lowest BCUT2D eigenvalue weighted by molar-refractivity contribution is -0.133. The SMILES string of the molecule is Cc1nc2ccccc2c(-c2ccccc2)c1CC(=O)N1CCC(C(=O)Nc2ccccc2)CC1. The minimum Gasteiger partial charge on any atom is -0.342 e. The van der Waals surface area contributed by atoms with E-state index < -0.39 is 0 Å². The smallest absolute Gasteiger partial charge is 0.227 e. The Balaban J connectivity index is 1.33. The molecule has 4 aromatic rings. The number of anilines is 1. The average Bonchev–Trinajstić information content (AvgIpc) is 2.90. The van der Waals surface area contributed by atoms with Crippen molar-refractivity contribution in [2.75, 3.05) is 18.4 Å². The average molecular weight is 464 g/mol. The molecule has 0 aliphatic carbocycles. The highest BCUT2D eigenvalue weighted by Gasteiger charge is 2.28. The fourth-order valence-corrected chi connectivity index (χ4v) is 4.94. The Kier molecular flexibility index (Phi) is 6.57.